The lowest BCUT2D eigenvalue weighted by molar-refractivity contribution is -0.166. The summed E-state index contributed by atoms with van der Waals surface area (Å²) in [4.78, 5) is 37.9. The Morgan fingerprint density at radius 3 is 1.03 bits per heavy atom. The van der Waals surface area contributed by atoms with Crippen LogP contribution in [-0.2, 0) is 28.6 Å². The lowest BCUT2D eigenvalue weighted by atomic mass is 10.1. The molecule has 6 nitrogen and oxygen atoms in total. The van der Waals surface area contributed by atoms with E-state index in [0.717, 1.165) is 109 Å². The third-order valence-electron chi connectivity index (χ3n) is 10.2. The first-order valence-electron chi connectivity index (χ1n) is 25.7. The Hall–Kier alpha value is -4.45. The molecule has 6 heteroatoms. The number of carbonyl (C=O) groups excluding carboxylic acids is 3. The van der Waals surface area contributed by atoms with Crippen molar-refractivity contribution in [3.05, 3.63) is 134 Å². The van der Waals surface area contributed by atoms with Gasteiger partial charge in [-0.3, -0.25) is 14.4 Å². The number of unbranched alkanes of at least 4 members (excludes halogenated alkanes) is 11. The summed E-state index contributed by atoms with van der Waals surface area (Å²) < 4.78 is 16.7. The molecular weight excluding hydrogens is 805 g/mol. The molecule has 0 aliphatic carbocycles. The number of hydrogen-bond donors (Lipinski definition) is 0. The van der Waals surface area contributed by atoms with E-state index in [9.17, 15) is 14.4 Å². The van der Waals surface area contributed by atoms with E-state index in [1.54, 1.807) is 0 Å². The van der Waals surface area contributed by atoms with Crippen molar-refractivity contribution < 1.29 is 28.6 Å². The first-order chi connectivity index (χ1) is 32.0. The number of allylic oxidation sites excluding steroid dienone is 22. The van der Waals surface area contributed by atoms with Crippen LogP contribution in [0.25, 0.3) is 0 Å². The summed E-state index contributed by atoms with van der Waals surface area (Å²) in [5.74, 6) is -1.05. The largest absolute Gasteiger partial charge is 0.462 e. The minimum atomic E-state index is -0.828. The molecular formula is C59H92O6. The summed E-state index contributed by atoms with van der Waals surface area (Å²) in [7, 11) is 0. The van der Waals surface area contributed by atoms with Gasteiger partial charge < -0.3 is 14.2 Å². The molecule has 0 unspecified atom stereocenters. The average molecular weight is 897 g/mol. The maximum absolute atomic E-state index is 12.8. The van der Waals surface area contributed by atoms with E-state index in [2.05, 4.69) is 142 Å². The SMILES string of the molecule is CC/C=C\C/C=C\C/C=C\C/C=C\C/C=C\C/C=C\CCC(=O)OC[C@@H](COC(=O)CCCCCCCCCCC)OC(=O)CCCCC/C=C\C/C=C\C/C=C\C/C=C\C/C=C\CC. The van der Waals surface area contributed by atoms with Gasteiger partial charge in [0.25, 0.3) is 0 Å². The van der Waals surface area contributed by atoms with Crippen molar-refractivity contribution >= 4 is 17.9 Å². The van der Waals surface area contributed by atoms with Crippen molar-refractivity contribution in [3.8, 4) is 0 Å². The standard InChI is InChI=1S/C59H92O6/c1-4-7-10-13-16-19-21-23-25-27-29-31-33-35-37-40-43-46-49-52-58(61)64-55-56(54-63-57(60)51-48-45-42-39-18-15-12-9-6-3)65-59(62)53-50-47-44-41-38-36-34-32-30-28-26-24-22-20-17-14-11-8-5-2/h7-8,10-11,16-17,19-20,23-26,29-32,35-38,43,46,56H,4-6,9,12-15,18,21-22,27-28,33-34,39-42,44-45,47-55H2,1-3H3/b10-7-,11-8-,19-16-,20-17-,25-23-,26-24-,31-29-,32-30-,37-35-,38-36-,46-43-/t56-/m1/s1. The molecule has 0 rings (SSSR count). The summed E-state index contributed by atoms with van der Waals surface area (Å²) in [5, 5.41) is 0. The quantitative estimate of drug-likeness (QED) is 0.0262. The molecule has 0 saturated carbocycles. The maximum atomic E-state index is 12.8. The molecule has 0 bridgehead atoms. The molecule has 0 heterocycles. The Morgan fingerprint density at radius 1 is 0.323 bits per heavy atom. The molecule has 0 radical (unpaired) electrons. The second kappa shape index (κ2) is 52.2. The number of rotatable bonds is 44. The van der Waals surface area contributed by atoms with Gasteiger partial charge >= 0.3 is 17.9 Å². The Balaban J connectivity index is 4.54. The first kappa shape index (κ1) is 60.5. The van der Waals surface area contributed by atoms with E-state index < -0.39 is 6.10 Å². The van der Waals surface area contributed by atoms with E-state index in [1.165, 1.54) is 38.5 Å². The van der Waals surface area contributed by atoms with Gasteiger partial charge in [-0.05, 0) is 103 Å². The first-order valence-corrected chi connectivity index (χ1v) is 25.7. The van der Waals surface area contributed by atoms with Crippen LogP contribution >= 0.6 is 0 Å². The zero-order chi connectivity index (χ0) is 47.2. The van der Waals surface area contributed by atoms with Crippen molar-refractivity contribution in [2.75, 3.05) is 13.2 Å². The van der Waals surface area contributed by atoms with Gasteiger partial charge in [-0.15, -0.1) is 0 Å². The van der Waals surface area contributed by atoms with Gasteiger partial charge in [-0.1, -0.05) is 212 Å². The Morgan fingerprint density at radius 2 is 0.631 bits per heavy atom. The topological polar surface area (TPSA) is 78.9 Å². The van der Waals surface area contributed by atoms with Crippen LogP contribution in [0.2, 0.25) is 0 Å². The second-order valence-electron chi connectivity index (χ2n) is 16.3. The van der Waals surface area contributed by atoms with Crippen LogP contribution in [0.4, 0.5) is 0 Å². The van der Waals surface area contributed by atoms with Crippen LogP contribution in [-0.4, -0.2) is 37.2 Å². The highest BCUT2D eigenvalue weighted by atomic mass is 16.6. The number of esters is 3. The van der Waals surface area contributed by atoms with Gasteiger partial charge in [-0.25, -0.2) is 0 Å². The molecule has 0 fully saturated rings. The predicted octanol–water partition coefficient (Wildman–Crippen LogP) is 17.1. The van der Waals surface area contributed by atoms with Gasteiger partial charge in [0.05, 0.1) is 0 Å². The van der Waals surface area contributed by atoms with Crippen LogP contribution in [0.1, 0.15) is 201 Å². The van der Waals surface area contributed by atoms with Crippen molar-refractivity contribution in [1.29, 1.82) is 0 Å². The number of carbonyl (C=O) groups is 3. The van der Waals surface area contributed by atoms with E-state index in [4.69, 9.17) is 14.2 Å². The highest BCUT2D eigenvalue weighted by molar-refractivity contribution is 5.71. The van der Waals surface area contributed by atoms with Crippen LogP contribution in [0.5, 0.6) is 0 Å². The summed E-state index contributed by atoms with van der Waals surface area (Å²) in [6.45, 7) is 6.27. The zero-order valence-electron chi connectivity index (χ0n) is 41.4. The molecule has 65 heavy (non-hydrogen) atoms. The fourth-order valence-corrected chi connectivity index (χ4v) is 6.37. The summed E-state index contributed by atoms with van der Waals surface area (Å²) in [6, 6.07) is 0. The molecule has 0 aliphatic rings. The minimum absolute atomic E-state index is 0.119. The summed E-state index contributed by atoms with van der Waals surface area (Å²) >= 11 is 0. The molecule has 1 atom stereocenters. The molecule has 0 aromatic heterocycles. The summed E-state index contributed by atoms with van der Waals surface area (Å²) in [6.07, 6.45) is 73.1. The second-order valence-corrected chi connectivity index (χ2v) is 16.3. The third kappa shape index (κ3) is 50.4. The number of hydrogen-bond acceptors (Lipinski definition) is 6. The Labute approximate surface area is 398 Å². The fourth-order valence-electron chi connectivity index (χ4n) is 6.37. The molecule has 0 aromatic carbocycles. The molecule has 364 valence electrons. The predicted molar refractivity (Wildman–Crippen MR) is 279 cm³/mol. The molecule has 0 spiro atoms. The van der Waals surface area contributed by atoms with Gasteiger partial charge in [0.2, 0.25) is 0 Å². The molecule has 0 N–H and O–H groups in total. The van der Waals surface area contributed by atoms with Gasteiger partial charge in [0.1, 0.15) is 13.2 Å². The summed E-state index contributed by atoms with van der Waals surface area (Å²) in [5.41, 5.74) is 0. The van der Waals surface area contributed by atoms with Gasteiger partial charge in [0.15, 0.2) is 6.10 Å². The normalized spacial score (nSPS) is 13.2. The van der Waals surface area contributed by atoms with E-state index >= 15 is 0 Å². The van der Waals surface area contributed by atoms with Gasteiger partial charge in [-0.2, -0.15) is 0 Å². The molecule has 0 amide bonds. The Kier molecular flexibility index (Phi) is 48.6. The van der Waals surface area contributed by atoms with E-state index in [1.807, 2.05) is 12.2 Å². The maximum Gasteiger partial charge on any atom is 0.306 e. The third-order valence-corrected chi connectivity index (χ3v) is 10.2. The smallest absolute Gasteiger partial charge is 0.306 e. The molecule has 0 saturated heterocycles. The van der Waals surface area contributed by atoms with Crippen LogP contribution in [0.3, 0.4) is 0 Å². The van der Waals surface area contributed by atoms with Gasteiger partial charge in [0, 0.05) is 19.3 Å². The van der Waals surface area contributed by atoms with Crippen molar-refractivity contribution in [2.24, 2.45) is 0 Å². The van der Waals surface area contributed by atoms with E-state index in [-0.39, 0.29) is 44.0 Å². The number of ether oxygens (including phenoxy) is 3. The van der Waals surface area contributed by atoms with Crippen LogP contribution in [0, 0.1) is 0 Å². The van der Waals surface area contributed by atoms with Crippen molar-refractivity contribution in [3.63, 3.8) is 0 Å². The Bertz CT molecular complexity index is 1450. The van der Waals surface area contributed by atoms with Crippen LogP contribution < -0.4 is 0 Å². The lowest BCUT2D eigenvalue weighted by Gasteiger charge is -2.18. The molecule has 0 aliphatic heterocycles. The van der Waals surface area contributed by atoms with Crippen molar-refractivity contribution in [2.45, 2.75) is 207 Å². The zero-order valence-corrected chi connectivity index (χ0v) is 41.4. The lowest BCUT2D eigenvalue weighted by Crippen LogP contribution is -2.30. The fraction of sp³-hybridized carbons (Fsp3) is 0.576. The highest BCUT2D eigenvalue weighted by Gasteiger charge is 2.19. The molecule has 0 aromatic rings. The minimum Gasteiger partial charge on any atom is -0.462 e. The van der Waals surface area contributed by atoms with Crippen molar-refractivity contribution in [1.82, 2.24) is 0 Å². The average Bonchev–Trinajstić information content (AvgIpc) is 3.30. The van der Waals surface area contributed by atoms with Crippen LogP contribution in [0.15, 0.2) is 134 Å². The highest BCUT2D eigenvalue weighted by Crippen LogP contribution is 2.12. The monoisotopic (exact) mass is 897 g/mol. The van der Waals surface area contributed by atoms with E-state index in [0.29, 0.717) is 19.3 Å².